The van der Waals surface area contributed by atoms with E-state index >= 15 is 0 Å². The third kappa shape index (κ3) is 2.74. The Morgan fingerprint density at radius 1 is 1.41 bits per heavy atom. The van der Waals surface area contributed by atoms with Crippen molar-refractivity contribution in [2.75, 3.05) is 12.4 Å². The molecule has 1 saturated heterocycles. The number of thioether (sulfide) groups is 1. The number of amides is 1. The number of hydrogen-bond donors (Lipinski definition) is 2. The van der Waals surface area contributed by atoms with Crippen LogP contribution >= 0.6 is 11.8 Å². The number of carbonyl (C=O) groups is 2. The van der Waals surface area contributed by atoms with E-state index < -0.39 is 17.6 Å². The van der Waals surface area contributed by atoms with Crippen molar-refractivity contribution in [3.8, 4) is 0 Å². The van der Waals surface area contributed by atoms with Crippen LogP contribution in [0, 0.1) is 5.92 Å². The van der Waals surface area contributed by atoms with Crippen LogP contribution in [-0.2, 0) is 9.53 Å². The van der Waals surface area contributed by atoms with Crippen molar-refractivity contribution in [3.63, 3.8) is 0 Å². The lowest BCUT2D eigenvalue weighted by Gasteiger charge is -2.31. The minimum Gasteiger partial charge on any atom is -0.479 e. The number of nitrogens with one attached hydrogen (secondary N) is 1. The highest BCUT2D eigenvalue weighted by Gasteiger charge is 2.51. The van der Waals surface area contributed by atoms with Gasteiger partial charge in [-0.15, -0.1) is 0 Å². The van der Waals surface area contributed by atoms with Crippen molar-refractivity contribution in [2.24, 2.45) is 10.9 Å². The predicted octanol–water partition coefficient (Wildman–Crippen LogP) is 1.38. The number of carboxylic acid groups (broad SMARTS) is 1. The number of carboxylic acids is 1. The number of nitrogens with zero attached hydrogens (tertiary/aromatic N) is 1. The van der Waals surface area contributed by atoms with E-state index in [-0.39, 0.29) is 18.4 Å². The van der Waals surface area contributed by atoms with E-state index in [1.807, 2.05) is 13.0 Å². The van der Waals surface area contributed by atoms with Gasteiger partial charge in [0.15, 0.2) is 11.3 Å². The summed E-state index contributed by atoms with van der Waals surface area (Å²) in [5.74, 6) is -0.808. The lowest BCUT2D eigenvalue weighted by atomic mass is 9.87. The summed E-state index contributed by atoms with van der Waals surface area (Å²) in [6.45, 7) is 2.12. The Labute approximate surface area is 132 Å². The highest BCUT2D eigenvalue weighted by atomic mass is 32.2. The Hall–Kier alpha value is -1.86. The number of carbonyl (C=O) groups excluding carboxylic acids is 1. The van der Waals surface area contributed by atoms with E-state index in [1.165, 1.54) is 11.8 Å². The fourth-order valence-electron chi connectivity index (χ4n) is 2.69. The zero-order chi connectivity index (χ0) is 15.7. The van der Waals surface area contributed by atoms with Crippen LogP contribution in [-0.4, -0.2) is 46.2 Å². The van der Waals surface area contributed by atoms with Crippen LogP contribution in [0.15, 0.2) is 35.3 Å². The van der Waals surface area contributed by atoms with Gasteiger partial charge in [-0.25, -0.2) is 4.79 Å². The van der Waals surface area contributed by atoms with Gasteiger partial charge >= 0.3 is 5.97 Å². The summed E-state index contributed by atoms with van der Waals surface area (Å²) in [7, 11) is 0. The van der Waals surface area contributed by atoms with Gasteiger partial charge in [0.05, 0.1) is 12.1 Å². The summed E-state index contributed by atoms with van der Waals surface area (Å²) in [4.78, 5) is 27.9. The molecule has 2 N–H and O–H groups in total. The van der Waals surface area contributed by atoms with E-state index in [0.29, 0.717) is 16.5 Å². The van der Waals surface area contributed by atoms with Crippen LogP contribution in [0.5, 0.6) is 0 Å². The fraction of sp³-hybridized carbons (Fsp3) is 0.400. The van der Waals surface area contributed by atoms with E-state index in [4.69, 9.17) is 4.74 Å². The SMILES string of the molecule is C[C@]12CO[C@H](C(=O)O)[C@H]1CSC(NC(=O)c1ccccc1)=N2. The molecule has 2 aliphatic rings. The maximum Gasteiger partial charge on any atom is 0.333 e. The lowest BCUT2D eigenvalue weighted by molar-refractivity contribution is -0.148. The van der Waals surface area contributed by atoms with Gasteiger partial charge < -0.3 is 15.2 Å². The maximum atomic E-state index is 12.2. The van der Waals surface area contributed by atoms with Crippen LogP contribution in [0.2, 0.25) is 0 Å². The second-order valence-electron chi connectivity index (χ2n) is 5.58. The molecule has 116 valence electrons. The van der Waals surface area contributed by atoms with Crippen molar-refractivity contribution < 1.29 is 19.4 Å². The molecule has 22 heavy (non-hydrogen) atoms. The van der Waals surface area contributed by atoms with Gasteiger partial charge in [-0.1, -0.05) is 30.0 Å². The van der Waals surface area contributed by atoms with E-state index in [1.54, 1.807) is 24.3 Å². The Kier molecular flexibility index (Phi) is 3.92. The highest BCUT2D eigenvalue weighted by molar-refractivity contribution is 8.13. The summed E-state index contributed by atoms with van der Waals surface area (Å²) in [5.41, 5.74) is -0.0442. The van der Waals surface area contributed by atoms with Crippen LogP contribution < -0.4 is 5.32 Å². The summed E-state index contributed by atoms with van der Waals surface area (Å²) < 4.78 is 5.37. The van der Waals surface area contributed by atoms with Crippen LogP contribution in [0.3, 0.4) is 0 Å². The van der Waals surface area contributed by atoms with Gasteiger partial charge in [0.1, 0.15) is 0 Å². The number of aliphatic carboxylic acids is 1. The quantitative estimate of drug-likeness (QED) is 0.859. The van der Waals surface area contributed by atoms with E-state index in [9.17, 15) is 14.7 Å². The van der Waals surface area contributed by atoms with Crippen LogP contribution in [0.1, 0.15) is 17.3 Å². The van der Waals surface area contributed by atoms with Crippen LogP contribution in [0.25, 0.3) is 0 Å². The summed E-state index contributed by atoms with van der Waals surface area (Å²) in [6.07, 6.45) is -0.826. The third-order valence-electron chi connectivity index (χ3n) is 3.98. The highest BCUT2D eigenvalue weighted by Crippen LogP contribution is 2.40. The molecule has 6 nitrogen and oxygen atoms in total. The molecule has 1 amide bonds. The maximum absolute atomic E-state index is 12.2. The smallest absolute Gasteiger partial charge is 0.333 e. The minimum absolute atomic E-state index is 0.188. The first-order valence-electron chi connectivity index (χ1n) is 6.93. The molecular formula is C15H16N2O4S. The Bertz CT molecular complexity index is 634. The molecule has 0 bridgehead atoms. The molecule has 0 aliphatic carbocycles. The standard InChI is InChI=1S/C15H16N2O4S/c1-15-8-21-11(13(19)20)10(15)7-22-14(17-15)16-12(18)9-5-3-2-4-6-9/h2-6,10-11H,7-8H2,1H3,(H,19,20)(H,16,17,18)/t10-,11+,15+/m1/s1. The van der Waals surface area contributed by atoms with Crippen molar-refractivity contribution >= 4 is 28.8 Å². The van der Waals surface area contributed by atoms with Gasteiger partial charge in [-0.2, -0.15) is 0 Å². The third-order valence-corrected chi connectivity index (χ3v) is 4.97. The average Bonchev–Trinajstić information content (AvgIpc) is 2.84. The van der Waals surface area contributed by atoms with Gasteiger partial charge in [0, 0.05) is 17.2 Å². The molecule has 7 heteroatoms. The normalized spacial score (nSPS) is 30.3. The number of aliphatic imine (C=N–C) groups is 1. The Morgan fingerprint density at radius 3 is 2.82 bits per heavy atom. The topological polar surface area (TPSA) is 88.0 Å². The molecule has 1 aromatic rings. The zero-order valence-corrected chi connectivity index (χ0v) is 12.8. The van der Waals surface area contributed by atoms with Crippen molar-refractivity contribution in [3.05, 3.63) is 35.9 Å². The first-order valence-corrected chi connectivity index (χ1v) is 7.92. The molecular weight excluding hydrogens is 304 g/mol. The largest absolute Gasteiger partial charge is 0.479 e. The van der Waals surface area contributed by atoms with Crippen molar-refractivity contribution in [1.82, 2.24) is 5.32 Å². The first kappa shape index (κ1) is 15.1. The summed E-state index contributed by atoms with van der Waals surface area (Å²) in [5, 5.41) is 12.5. The number of ether oxygens (including phenoxy) is 1. The summed E-state index contributed by atoms with van der Waals surface area (Å²) in [6, 6.07) is 8.89. The minimum atomic E-state index is -0.957. The fourth-order valence-corrected chi connectivity index (χ4v) is 4.00. The van der Waals surface area contributed by atoms with Crippen LogP contribution in [0.4, 0.5) is 0 Å². The molecule has 3 atom stereocenters. The van der Waals surface area contributed by atoms with E-state index in [0.717, 1.165) is 0 Å². The molecule has 1 fully saturated rings. The second-order valence-corrected chi connectivity index (χ2v) is 6.59. The molecule has 0 aromatic heterocycles. The monoisotopic (exact) mass is 320 g/mol. The zero-order valence-electron chi connectivity index (χ0n) is 12.0. The number of benzene rings is 1. The Morgan fingerprint density at radius 2 is 2.14 bits per heavy atom. The number of rotatable bonds is 2. The van der Waals surface area contributed by atoms with Crippen molar-refractivity contribution in [1.29, 1.82) is 0 Å². The number of fused-ring (bicyclic) bond motifs is 1. The van der Waals surface area contributed by atoms with Crippen molar-refractivity contribution in [2.45, 2.75) is 18.6 Å². The van der Waals surface area contributed by atoms with Gasteiger partial charge in [0.25, 0.3) is 5.91 Å². The predicted molar refractivity (Wildman–Crippen MR) is 83.1 cm³/mol. The van der Waals surface area contributed by atoms with E-state index in [2.05, 4.69) is 10.3 Å². The first-order chi connectivity index (χ1) is 10.5. The molecule has 0 unspecified atom stereocenters. The van der Waals surface area contributed by atoms with Gasteiger partial charge in [-0.05, 0) is 19.1 Å². The molecule has 0 radical (unpaired) electrons. The summed E-state index contributed by atoms with van der Waals surface area (Å²) >= 11 is 1.36. The van der Waals surface area contributed by atoms with Gasteiger partial charge in [-0.3, -0.25) is 9.79 Å². The molecule has 0 spiro atoms. The molecule has 2 aliphatic heterocycles. The van der Waals surface area contributed by atoms with Gasteiger partial charge in [0.2, 0.25) is 0 Å². The number of hydrogen-bond acceptors (Lipinski definition) is 5. The Balaban J connectivity index is 1.75. The molecule has 0 saturated carbocycles. The molecule has 3 rings (SSSR count). The lowest BCUT2D eigenvalue weighted by Crippen LogP contribution is -2.45. The second kappa shape index (κ2) is 5.73. The average molecular weight is 320 g/mol. The number of amidine groups is 1. The molecule has 2 heterocycles. The molecule has 1 aromatic carbocycles.